The number of imide groups is 2. The number of likely N-dealkylation sites (tertiary alicyclic amines) is 1. The fourth-order valence-corrected chi connectivity index (χ4v) is 8.86. The molecule has 0 spiro atoms. The normalized spacial score (nSPS) is 22.2. The number of carbonyl (C=O) groups is 5. The maximum absolute atomic E-state index is 13.5. The number of hydrogen-bond acceptors (Lipinski definition) is 9. The predicted octanol–water partition coefficient (Wildman–Crippen LogP) is 5.01. The van der Waals surface area contributed by atoms with Gasteiger partial charge in [0.15, 0.2) is 0 Å². The number of piperidine rings is 3. The molecule has 2 atom stereocenters. The lowest BCUT2D eigenvalue weighted by atomic mass is 9.95. The molecule has 14 heteroatoms. The zero-order chi connectivity index (χ0) is 38.9. The average molecular weight is 778 g/mol. The largest absolute Gasteiger partial charge is 0.489 e. The van der Waals surface area contributed by atoms with E-state index in [1.165, 1.54) is 0 Å². The van der Waals surface area contributed by atoms with Crippen molar-refractivity contribution in [1.82, 2.24) is 20.0 Å². The van der Waals surface area contributed by atoms with E-state index in [1.807, 2.05) is 35.2 Å². The highest BCUT2D eigenvalue weighted by atomic mass is 35.5. The number of ether oxygens (including phenoxy) is 1. The Balaban J connectivity index is 0.785. The van der Waals surface area contributed by atoms with Crippen molar-refractivity contribution < 1.29 is 28.7 Å². The third-order valence-electron chi connectivity index (χ3n) is 11.8. The molecule has 2 unspecified atom stereocenters. The lowest BCUT2D eigenvalue weighted by molar-refractivity contribution is -0.136. The van der Waals surface area contributed by atoms with E-state index in [0.717, 1.165) is 87.8 Å². The molecule has 290 valence electrons. The number of nitrogens with zero attached hydrogens (tertiary/aromatic N) is 6. The van der Waals surface area contributed by atoms with Crippen LogP contribution in [0.1, 0.15) is 69.6 Å². The summed E-state index contributed by atoms with van der Waals surface area (Å²) in [5.74, 6) is -0.799. The molecule has 0 radical (unpaired) electrons. The number of fused-ring (bicyclic) bond motifs is 1. The van der Waals surface area contributed by atoms with Gasteiger partial charge < -0.3 is 19.4 Å². The molecule has 0 saturated carbocycles. The van der Waals surface area contributed by atoms with E-state index >= 15 is 0 Å². The van der Waals surface area contributed by atoms with Crippen LogP contribution in [0.25, 0.3) is 4.85 Å². The highest BCUT2D eigenvalue weighted by Gasteiger charge is 2.45. The zero-order valence-electron chi connectivity index (χ0n) is 31.1. The Labute approximate surface area is 330 Å². The second kappa shape index (κ2) is 16.0. The molecular formula is C42H44ClN7O6. The molecule has 56 heavy (non-hydrogen) atoms. The van der Waals surface area contributed by atoms with E-state index in [-0.39, 0.29) is 24.9 Å². The Morgan fingerprint density at radius 1 is 0.804 bits per heavy atom. The fraction of sp³-hybridized carbons (Fsp3) is 0.429. The Bertz CT molecular complexity index is 2090. The Morgan fingerprint density at radius 3 is 2.23 bits per heavy atom. The molecule has 0 aliphatic carbocycles. The van der Waals surface area contributed by atoms with Crippen LogP contribution < -0.4 is 19.9 Å². The van der Waals surface area contributed by atoms with Gasteiger partial charge in [-0.1, -0.05) is 17.7 Å². The van der Waals surface area contributed by atoms with E-state index in [4.69, 9.17) is 22.9 Å². The molecule has 0 aromatic heterocycles. The first kappa shape index (κ1) is 37.5. The van der Waals surface area contributed by atoms with Gasteiger partial charge in [-0.05, 0) is 92.6 Å². The van der Waals surface area contributed by atoms with E-state index < -0.39 is 29.7 Å². The standard InChI is InChI=1S/C42H44ClN7O6/c1-44-36-11-9-31(24-35(36)43)56-32-3-2-16-49(26-32)40(53)28-4-6-29(7-5-28)48-21-19-46(20-22-48)25-27-14-17-47(18-15-27)30-8-10-33-34(23-30)42(55)50(41(33)54)37-12-13-38(51)45-39(37)52/h4-11,23-24,27,32,37H,2-3,12-22,25-26H2,(H,45,51,52). The van der Waals surface area contributed by atoms with Gasteiger partial charge in [-0.15, -0.1) is 0 Å². The first-order chi connectivity index (χ1) is 27.1. The molecule has 4 saturated heterocycles. The van der Waals surface area contributed by atoms with Crippen molar-refractivity contribution >= 4 is 58.2 Å². The van der Waals surface area contributed by atoms with Crippen LogP contribution in [0, 0.1) is 12.5 Å². The summed E-state index contributed by atoms with van der Waals surface area (Å²) in [4.78, 5) is 77.4. The molecule has 3 aromatic carbocycles. The van der Waals surface area contributed by atoms with Crippen molar-refractivity contribution in [2.24, 2.45) is 5.92 Å². The van der Waals surface area contributed by atoms with Crippen LogP contribution in [0.4, 0.5) is 17.1 Å². The zero-order valence-corrected chi connectivity index (χ0v) is 31.9. The van der Waals surface area contributed by atoms with Gasteiger partial charge in [-0.25, -0.2) is 4.85 Å². The second-order valence-corrected chi connectivity index (χ2v) is 15.7. The number of amides is 5. The van der Waals surface area contributed by atoms with Crippen LogP contribution in [0.5, 0.6) is 5.75 Å². The van der Waals surface area contributed by atoms with Gasteiger partial charge in [0, 0.05) is 75.7 Å². The van der Waals surface area contributed by atoms with Crippen LogP contribution in [0.3, 0.4) is 0 Å². The van der Waals surface area contributed by atoms with Crippen LogP contribution in [-0.2, 0) is 9.59 Å². The van der Waals surface area contributed by atoms with Gasteiger partial charge in [0.1, 0.15) is 17.9 Å². The van der Waals surface area contributed by atoms with Crippen molar-refractivity contribution in [3.8, 4) is 5.75 Å². The van der Waals surface area contributed by atoms with Crippen molar-refractivity contribution in [2.75, 3.05) is 68.7 Å². The quantitative estimate of drug-likeness (QED) is 0.248. The first-order valence-corrected chi connectivity index (χ1v) is 19.8. The maximum Gasteiger partial charge on any atom is 0.262 e. The van der Waals surface area contributed by atoms with Crippen molar-refractivity contribution in [3.63, 3.8) is 0 Å². The number of nitrogens with one attached hydrogen (secondary N) is 1. The number of carbonyl (C=O) groups excluding carboxylic acids is 5. The average Bonchev–Trinajstić information content (AvgIpc) is 3.46. The number of benzene rings is 3. The van der Waals surface area contributed by atoms with Gasteiger partial charge in [0.25, 0.3) is 17.7 Å². The van der Waals surface area contributed by atoms with Crippen LogP contribution in [0.15, 0.2) is 60.7 Å². The minimum Gasteiger partial charge on any atom is -0.489 e. The molecule has 4 fully saturated rings. The minimum atomic E-state index is -0.969. The van der Waals surface area contributed by atoms with E-state index in [2.05, 4.69) is 24.9 Å². The molecule has 8 rings (SSSR count). The molecule has 1 N–H and O–H groups in total. The van der Waals surface area contributed by atoms with E-state index in [9.17, 15) is 24.0 Å². The topological polar surface area (TPSA) is 127 Å². The molecule has 5 heterocycles. The third-order valence-corrected chi connectivity index (χ3v) is 12.1. The van der Waals surface area contributed by atoms with Gasteiger partial charge in [-0.3, -0.25) is 39.1 Å². The summed E-state index contributed by atoms with van der Waals surface area (Å²) < 4.78 is 6.14. The summed E-state index contributed by atoms with van der Waals surface area (Å²) in [6.07, 6.45) is 3.83. The van der Waals surface area contributed by atoms with Gasteiger partial charge in [-0.2, -0.15) is 0 Å². The van der Waals surface area contributed by atoms with E-state index in [0.29, 0.717) is 52.2 Å². The lowest BCUT2D eigenvalue weighted by Gasteiger charge is -2.40. The smallest absolute Gasteiger partial charge is 0.262 e. The number of rotatable bonds is 8. The Morgan fingerprint density at radius 2 is 1.52 bits per heavy atom. The highest BCUT2D eigenvalue weighted by molar-refractivity contribution is 6.33. The molecule has 5 aliphatic heterocycles. The maximum atomic E-state index is 13.5. The van der Waals surface area contributed by atoms with Crippen molar-refractivity contribution in [2.45, 2.75) is 50.7 Å². The van der Waals surface area contributed by atoms with Gasteiger partial charge in [0.05, 0.1) is 29.3 Å². The number of anilines is 2. The number of halogens is 1. The van der Waals surface area contributed by atoms with Crippen LogP contribution in [0.2, 0.25) is 5.02 Å². The number of piperazine rings is 1. The summed E-state index contributed by atoms with van der Waals surface area (Å²) in [7, 11) is 0. The minimum absolute atomic E-state index is 0.00158. The Hall–Kier alpha value is -5.45. The Kier molecular flexibility index (Phi) is 10.7. The van der Waals surface area contributed by atoms with Crippen molar-refractivity contribution in [3.05, 3.63) is 93.8 Å². The molecule has 13 nitrogen and oxygen atoms in total. The summed E-state index contributed by atoms with van der Waals surface area (Å²) in [5.41, 5.74) is 3.68. The first-order valence-electron chi connectivity index (χ1n) is 19.5. The summed E-state index contributed by atoms with van der Waals surface area (Å²) in [6, 6.07) is 17.4. The summed E-state index contributed by atoms with van der Waals surface area (Å²) in [6.45, 7) is 14.9. The van der Waals surface area contributed by atoms with Gasteiger partial charge in [0.2, 0.25) is 17.5 Å². The molecular weight excluding hydrogens is 734 g/mol. The highest BCUT2D eigenvalue weighted by Crippen LogP contribution is 2.33. The van der Waals surface area contributed by atoms with Crippen molar-refractivity contribution in [1.29, 1.82) is 0 Å². The SMILES string of the molecule is [C-]#[N+]c1ccc(OC2CCCN(C(=O)c3ccc(N4CCN(CC5CCN(c6ccc7c(c6)C(=O)N(C6CCC(=O)NC6=O)C7=O)CC5)CC4)cc3)C2)cc1Cl. The van der Waals surface area contributed by atoms with Crippen LogP contribution >= 0.6 is 11.6 Å². The molecule has 5 amide bonds. The predicted molar refractivity (Wildman–Crippen MR) is 210 cm³/mol. The van der Waals surface area contributed by atoms with E-state index in [1.54, 1.807) is 30.3 Å². The second-order valence-electron chi connectivity index (χ2n) is 15.3. The van der Waals surface area contributed by atoms with Crippen LogP contribution in [-0.4, -0.2) is 115 Å². The molecule has 5 aliphatic rings. The third kappa shape index (κ3) is 7.68. The fourth-order valence-electron chi connectivity index (χ4n) is 8.64. The molecule has 0 bridgehead atoms. The lowest BCUT2D eigenvalue weighted by Crippen LogP contribution is -2.54. The van der Waals surface area contributed by atoms with Gasteiger partial charge >= 0.3 is 0 Å². The summed E-state index contributed by atoms with van der Waals surface area (Å²) in [5, 5.41) is 2.60. The summed E-state index contributed by atoms with van der Waals surface area (Å²) >= 11 is 6.19. The molecule has 3 aromatic rings. The monoisotopic (exact) mass is 777 g/mol. The number of hydrogen-bond donors (Lipinski definition) is 1.